The summed E-state index contributed by atoms with van der Waals surface area (Å²) in [7, 11) is 2.15. The predicted molar refractivity (Wildman–Crippen MR) is 69.3 cm³/mol. The van der Waals surface area contributed by atoms with Gasteiger partial charge in [0.05, 0.1) is 10.6 Å². The smallest absolute Gasteiger partial charge is 0.104 e. The molecule has 0 bridgehead atoms. The van der Waals surface area contributed by atoms with Crippen molar-refractivity contribution < 1.29 is 0 Å². The quantitative estimate of drug-likeness (QED) is 0.691. The molecule has 3 heterocycles. The Balaban J connectivity index is 2.27. The number of aromatic nitrogens is 1. The summed E-state index contributed by atoms with van der Waals surface area (Å²) in [4.78, 5) is 8.27. The molecule has 82 valence electrons. The van der Waals surface area contributed by atoms with Crippen molar-refractivity contribution in [3.63, 3.8) is 0 Å². The van der Waals surface area contributed by atoms with Crippen LogP contribution in [0.3, 0.4) is 0 Å². The molecular weight excluding hydrogens is 216 g/mol. The number of fused-ring (bicyclic) bond motifs is 3. The second-order valence-corrected chi connectivity index (χ2v) is 5.24. The van der Waals surface area contributed by atoms with E-state index in [1.54, 1.807) is 11.3 Å². The maximum Gasteiger partial charge on any atom is 0.104 e. The number of pyridine rings is 1. The third kappa shape index (κ3) is 1.43. The zero-order valence-electron chi connectivity index (χ0n) is 9.53. The Kier molecular flexibility index (Phi) is 2.21. The summed E-state index contributed by atoms with van der Waals surface area (Å²) in [5, 5.41) is 2.17. The summed E-state index contributed by atoms with van der Waals surface area (Å²) in [6.07, 6.45) is 3.08. The van der Waals surface area contributed by atoms with E-state index in [2.05, 4.69) is 41.4 Å². The number of hydrogen-bond acceptors (Lipinski definition) is 3. The van der Waals surface area contributed by atoms with Gasteiger partial charge in [0.15, 0.2) is 0 Å². The van der Waals surface area contributed by atoms with Gasteiger partial charge in [-0.05, 0) is 42.0 Å². The van der Waals surface area contributed by atoms with Crippen molar-refractivity contribution in [1.82, 2.24) is 4.98 Å². The molecule has 1 aliphatic heterocycles. The molecule has 0 spiro atoms. The van der Waals surface area contributed by atoms with E-state index < -0.39 is 0 Å². The average molecular weight is 230 g/mol. The fraction of sp³-hybridized carbons (Fsp3) is 0.308. The number of thiophene rings is 1. The van der Waals surface area contributed by atoms with E-state index in [1.165, 1.54) is 21.7 Å². The molecule has 0 saturated carbocycles. The third-order valence-corrected chi connectivity index (χ3v) is 4.06. The molecular formula is C13H14N2S. The minimum absolute atomic E-state index is 1.07. The van der Waals surface area contributed by atoms with Crippen LogP contribution in [-0.2, 0) is 6.42 Å². The molecule has 0 unspecified atom stereocenters. The fourth-order valence-electron chi connectivity index (χ4n) is 2.17. The van der Waals surface area contributed by atoms with Crippen molar-refractivity contribution in [2.45, 2.75) is 13.3 Å². The van der Waals surface area contributed by atoms with Crippen LogP contribution >= 0.6 is 11.3 Å². The molecule has 2 aromatic rings. The highest BCUT2D eigenvalue weighted by Crippen LogP contribution is 2.37. The zero-order chi connectivity index (χ0) is 11.1. The molecule has 0 aromatic carbocycles. The normalized spacial score (nSPS) is 14.2. The Morgan fingerprint density at radius 1 is 1.44 bits per heavy atom. The van der Waals surface area contributed by atoms with Crippen LogP contribution in [0.1, 0.15) is 11.1 Å². The van der Waals surface area contributed by atoms with Gasteiger partial charge in [-0.1, -0.05) is 0 Å². The topological polar surface area (TPSA) is 16.1 Å². The zero-order valence-corrected chi connectivity index (χ0v) is 10.3. The number of hydrogen-bond donors (Lipinski definition) is 0. The van der Waals surface area contributed by atoms with Crippen LogP contribution in [0.15, 0.2) is 23.7 Å². The summed E-state index contributed by atoms with van der Waals surface area (Å²) >= 11 is 1.80. The molecule has 1 aliphatic rings. The monoisotopic (exact) mass is 230 g/mol. The van der Waals surface area contributed by atoms with Crippen LogP contribution in [0.2, 0.25) is 0 Å². The molecule has 0 atom stereocenters. The van der Waals surface area contributed by atoms with E-state index in [1.807, 2.05) is 6.20 Å². The van der Waals surface area contributed by atoms with Crippen molar-refractivity contribution in [2.75, 3.05) is 18.5 Å². The molecule has 2 aromatic heterocycles. The molecule has 0 saturated heterocycles. The lowest BCUT2D eigenvalue weighted by molar-refractivity contribution is 0.889. The second kappa shape index (κ2) is 3.59. The highest BCUT2D eigenvalue weighted by molar-refractivity contribution is 7.13. The summed E-state index contributed by atoms with van der Waals surface area (Å²) in [5.74, 6) is 0. The van der Waals surface area contributed by atoms with E-state index in [0.717, 1.165) is 18.7 Å². The minimum atomic E-state index is 1.07. The average Bonchev–Trinajstić information content (AvgIpc) is 2.69. The summed E-state index contributed by atoms with van der Waals surface area (Å²) in [5.41, 5.74) is 5.08. The standard InChI is InChI=1S/C13H14N2S/c1-9-7-11-12(14-8-9)13-10(4-6-16-13)3-5-15(11)2/h4,6-8H,3,5H2,1-2H3. The van der Waals surface area contributed by atoms with Crippen molar-refractivity contribution in [3.8, 4) is 10.6 Å². The Labute approximate surface area is 99.6 Å². The summed E-state index contributed by atoms with van der Waals surface area (Å²) < 4.78 is 0. The minimum Gasteiger partial charge on any atom is -0.372 e. The molecule has 0 amide bonds. The van der Waals surface area contributed by atoms with Crippen LogP contribution in [0.4, 0.5) is 5.69 Å². The van der Waals surface area contributed by atoms with Crippen molar-refractivity contribution in [2.24, 2.45) is 0 Å². The molecule has 3 heteroatoms. The van der Waals surface area contributed by atoms with Gasteiger partial charge in [-0.15, -0.1) is 11.3 Å². The molecule has 0 fully saturated rings. The van der Waals surface area contributed by atoms with Gasteiger partial charge in [0.2, 0.25) is 0 Å². The van der Waals surface area contributed by atoms with E-state index >= 15 is 0 Å². The van der Waals surface area contributed by atoms with Crippen molar-refractivity contribution in [1.29, 1.82) is 0 Å². The lowest BCUT2D eigenvalue weighted by Crippen LogP contribution is -2.19. The third-order valence-electron chi connectivity index (χ3n) is 3.09. The first-order valence-corrected chi connectivity index (χ1v) is 6.38. The number of likely N-dealkylation sites (N-methyl/N-ethyl adjacent to an activating group) is 1. The maximum atomic E-state index is 4.61. The van der Waals surface area contributed by atoms with Gasteiger partial charge in [0.1, 0.15) is 5.69 Å². The molecule has 0 radical (unpaired) electrons. The molecule has 0 N–H and O–H groups in total. The van der Waals surface area contributed by atoms with E-state index in [-0.39, 0.29) is 0 Å². The first-order chi connectivity index (χ1) is 7.75. The Hall–Kier alpha value is -1.35. The van der Waals surface area contributed by atoms with Crippen LogP contribution in [0, 0.1) is 6.92 Å². The first-order valence-electron chi connectivity index (χ1n) is 5.50. The molecule has 16 heavy (non-hydrogen) atoms. The van der Waals surface area contributed by atoms with Crippen molar-refractivity contribution >= 4 is 17.0 Å². The Morgan fingerprint density at radius 3 is 3.19 bits per heavy atom. The van der Waals surface area contributed by atoms with Crippen LogP contribution in [0.5, 0.6) is 0 Å². The lowest BCUT2D eigenvalue weighted by atomic mass is 10.1. The fourth-order valence-corrected chi connectivity index (χ4v) is 3.13. The van der Waals surface area contributed by atoms with Crippen LogP contribution in [0.25, 0.3) is 10.6 Å². The second-order valence-electron chi connectivity index (χ2n) is 4.33. The number of rotatable bonds is 0. The van der Waals surface area contributed by atoms with Gasteiger partial charge in [0.25, 0.3) is 0 Å². The lowest BCUT2D eigenvalue weighted by Gasteiger charge is -2.18. The Bertz CT molecular complexity index is 530. The number of aryl methyl sites for hydroxylation is 1. The molecule has 0 aliphatic carbocycles. The SMILES string of the molecule is Cc1cnc2c(c1)N(C)CCc1ccsc1-2. The maximum absolute atomic E-state index is 4.61. The Morgan fingerprint density at radius 2 is 2.31 bits per heavy atom. The van der Waals surface area contributed by atoms with Gasteiger partial charge in [-0.2, -0.15) is 0 Å². The highest BCUT2D eigenvalue weighted by Gasteiger charge is 2.19. The molecule has 3 rings (SSSR count). The van der Waals surface area contributed by atoms with Gasteiger partial charge < -0.3 is 4.90 Å². The first kappa shape index (κ1) is 9.85. The van der Waals surface area contributed by atoms with Gasteiger partial charge in [-0.25, -0.2) is 0 Å². The highest BCUT2D eigenvalue weighted by atomic mass is 32.1. The van der Waals surface area contributed by atoms with Gasteiger partial charge >= 0.3 is 0 Å². The van der Waals surface area contributed by atoms with Gasteiger partial charge in [-0.3, -0.25) is 4.98 Å². The number of anilines is 1. The largest absolute Gasteiger partial charge is 0.372 e. The van der Waals surface area contributed by atoms with E-state index in [0.29, 0.717) is 0 Å². The predicted octanol–water partition coefficient (Wildman–Crippen LogP) is 3.11. The van der Waals surface area contributed by atoms with E-state index in [4.69, 9.17) is 0 Å². The van der Waals surface area contributed by atoms with Crippen LogP contribution < -0.4 is 4.90 Å². The summed E-state index contributed by atoms with van der Waals surface area (Å²) in [6, 6.07) is 4.46. The number of nitrogens with zero attached hydrogens (tertiary/aromatic N) is 2. The molecule has 2 nitrogen and oxygen atoms in total. The summed E-state index contributed by atoms with van der Waals surface area (Å²) in [6.45, 7) is 3.17. The van der Waals surface area contributed by atoms with E-state index in [9.17, 15) is 0 Å². The van der Waals surface area contributed by atoms with Crippen molar-refractivity contribution in [3.05, 3.63) is 34.8 Å². The van der Waals surface area contributed by atoms with Crippen LogP contribution in [-0.4, -0.2) is 18.6 Å². The van der Waals surface area contributed by atoms with Gasteiger partial charge in [0, 0.05) is 19.8 Å².